The number of nitrogens with two attached hydrogens (primary N) is 1. The van der Waals surface area contributed by atoms with Gasteiger partial charge in [0.15, 0.2) is 0 Å². The second-order valence-electron chi connectivity index (χ2n) is 5.09. The van der Waals surface area contributed by atoms with Crippen molar-refractivity contribution in [2.75, 3.05) is 13.1 Å². The van der Waals surface area contributed by atoms with E-state index in [9.17, 15) is 4.79 Å². The van der Waals surface area contributed by atoms with E-state index in [0.29, 0.717) is 19.0 Å². The van der Waals surface area contributed by atoms with E-state index >= 15 is 0 Å². The lowest BCUT2D eigenvalue weighted by molar-refractivity contribution is -0.132. The summed E-state index contributed by atoms with van der Waals surface area (Å²) in [6, 6.07) is 10.2. The van der Waals surface area contributed by atoms with Crippen LogP contribution < -0.4 is 5.73 Å². The minimum Gasteiger partial charge on any atom is -0.338 e. The molecule has 2 N–H and O–H groups in total. The second-order valence-corrected chi connectivity index (χ2v) is 5.09. The summed E-state index contributed by atoms with van der Waals surface area (Å²) >= 11 is 0. The summed E-state index contributed by atoms with van der Waals surface area (Å²) in [6.07, 6.45) is 4.05. The van der Waals surface area contributed by atoms with Gasteiger partial charge in [0.25, 0.3) is 0 Å². The summed E-state index contributed by atoms with van der Waals surface area (Å²) in [5.41, 5.74) is 6.74. The lowest BCUT2D eigenvalue weighted by atomic mass is 10.2. The number of amides is 1. The smallest absolute Gasteiger partial charge is 0.223 e. The van der Waals surface area contributed by atoms with Crippen LogP contribution in [0.3, 0.4) is 0 Å². The molecule has 3 heteroatoms. The van der Waals surface area contributed by atoms with Crippen molar-refractivity contribution in [2.45, 2.75) is 32.2 Å². The largest absolute Gasteiger partial charge is 0.338 e. The zero-order valence-corrected chi connectivity index (χ0v) is 10.8. The monoisotopic (exact) mass is 246 g/mol. The van der Waals surface area contributed by atoms with Crippen LogP contribution in [0.15, 0.2) is 30.3 Å². The number of rotatable bonds is 7. The van der Waals surface area contributed by atoms with Gasteiger partial charge >= 0.3 is 0 Å². The van der Waals surface area contributed by atoms with Crippen LogP contribution >= 0.6 is 0 Å². The molecule has 2 rings (SSSR count). The summed E-state index contributed by atoms with van der Waals surface area (Å²) in [5, 5.41) is 0. The minimum atomic E-state index is 0.287. The summed E-state index contributed by atoms with van der Waals surface area (Å²) in [4.78, 5) is 14.1. The van der Waals surface area contributed by atoms with Crippen molar-refractivity contribution in [3.63, 3.8) is 0 Å². The van der Waals surface area contributed by atoms with Crippen LogP contribution in [0.4, 0.5) is 0 Å². The van der Waals surface area contributed by atoms with Crippen LogP contribution in [0.2, 0.25) is 0 Å². The highest BCUT2D eigenvalue weighted by Gasteiger charge is 2.26. The van der Waals surface area contributed by atoms with Gasteiger partial charge in [0.1, 0.15) is 0 Å². The maximum Gasteiger partial charge on any atom is 0.223 e. The van der Waals surface area contributed by atoms with Crippen molar-refractivity contribution in [3.8, 4) is 0 Å². The van der Waals surface area contributed by atoms with Gasteiger partial charge in [-0.25, -0.2) is 0 Å². The molecule has 1 aliphatic rings. The molecule has 0 unspecified atom stereocenters. The quantitative estimate of drug-likeness (QED) is 0.801. The summed E-state index contributed by atoms with van der Waals surface area (Å²) in [6.45, 7) is 2.13. The topological polar surface area (TPSA) is 46.3 Å². The molecule has 0 spiro atoms. The summed E-state index contributed by atoms with van der Waals surface area (Å²) in [5.74, 6) is 0.934. The number of hydrogen-bond donors (Lipinski definition) is 1. The first-order valence-corrected chi connectivity index (χ1v) is 6.81. The number of nitrogens with zero attached hydrogens (tertiary/aromatic N) is 1. The predicted molar refractivity (Wildman–Crippen MR) is 72.9 cm³/mol. The third-order valence-electron chi connectivity index (χ3n) is 3.36. The zero-order valence-electron chi connectivity index (χ0n) is 10.8. The molecule has 0 aliphatic heterocycles. The molecule has 0 heterocycles. The van der Waals surface area contributed by atoms with Gasteiger partial charge in [-0.1, -0.05) is 30.3 Å². The number of hydrogen-bond acceptors (Lipinski definition) is 2. The molecule has 0 aromatic heterocycles. The first kappa shape index (κ1) is 13.1. The van der Waals surface area contributed by atoms with E-state index in [1.54, 1.807) is 0 Å². The van der Waals surface area contributed by atoms with E-state index in [1.165, 1.54) is 18.4 Å². The lowest BCUT2D eigenvalue weighted by Crippen LogP contribution is -2.32. The SMILES string of the molecule is NCCCN(Cc1ccccc1)C(=O)CC1CC1. The van der Waals surface area contributed by atoms with E-state index in [1.807, 2.05) is 23.1 Å². The van der Waals surface area contributed by atoms with E-state index < -0.39 is 0 Å². The first-order chi connectivity index (χ1) is 8.79. The van der Waals surface area contributed by atoms with Crippen molar-refractivity contribution in [1.29, 1.82) is 0 Å². The molecule has 1 fully saturated rings. The fourth-order valence-corrected chi connectivity index (χ4v) is 2.08. The Labute approximate surface area is 109 Å². The summed E-state index contributed by atoms with van der Waals surface area (Å²) < 4.78 is 0. The minimum absolute atomic E-state index is 0.287. The third-order valence-corrected chi connectivity index (χ3v) is 3.36. The molecule has 1 aliphatic carbocycles. The van der Waals surface area contributed by atoms with Crippen molar-refractivity contribution in [2.24, 2.45) is 11.7 Å². The van der Waals surface area contributed by atoms with Crippen LogP contribution in [-0.2, 0) is 11.3 Å². The van der Waals surface area contributed by atoms with Gasteiger partial charge in [-0.2, -0.15) is 0 Å². The molecule has 0 radical (unpaired) electrons. The standard InChI is InChI=1S/C15H22N2O/c16-9-4-10-17(15(18)11-13-7-8-13)12-14-5-2-1-3-6-14/h1-3,5-6,13H,4,7-12,16H2. The lowest BCUT2D eigenvalue weighted by Gasteiger charge is -2.22. The molecule has 1 aromatic carbocycles. The predicted octanol–water partition coefficient (Wildman–Crippen LogP) is 2.16. The van der Waals surface area contributed by atoms with E-state index in [4.69, 9.17) is 5.73 Å². The molecule has 98 valence electrons. The van der Waals surface area contributed by atoms with Gasteiger partial charge in [-0.15, -0.1) is 0 Å². The molecule has 0 bridgehead atoms. The molecule has 1 amide bonds. The molecule has 1 saturated carbocycles. The van der Waals surface area contributed by atoms with Crippen molar-refractivity contribution < 1.29 is 4.79 Å². The van der Waals surface area contributed by atoms with Gasteiger partial charge in [-0.3, -0.25) is 4.79 Å². The Morgan fingerprint density at radius 1 is 1.28 bits per heavy atom. The molecule has 0 atom stereocenters. The van der Waals surface area contributed by atoms with Crippen LogP contribution in [-0.4, -0.2) is 23.9 Å². The van der Waals surface area contributed by atoms with Crippen molar-refractivity contribution >= 4 is 5.91 Å². The fraction of sp³-hybridized carbons (Fsp3) is 0.533. The molecule has 3 nitrogen and oxygen atoms in total. The van der Waals surface area contributed by atoms with Crippen LogP contribution in [0.5, 0.6) is 0 Å². The molecule has 0 saturated heterocycles. The van der Waals surface area contributed by atoms with Crippen LogP contribution in [0.1, 0.15) is 31.2 Å². The maximum atomic E-state index is 12.2. The Morgan fingerprint density at radius 2 is 2.00 bits per heavy atom. The Bertz CT molecular complexity index is 373. The normalized spacial score (nSPS) is 14.5. The van der Waals surface area contributed by atoms with Crippen molar-refractivity contribution in [1.82, 2.24) is 4.90 Å². The highest BCUT2D eigenvalue weighted by atomic mass is 16.2. The highest BCUT2D eigenvalue weighted by molar-refractivity contribution is 5.76. The number of carbonyl (C=O) groups excluding carboxylic acids is 1. The van der Waals surface area contributed by atoms with Crippen LogP contribution in [0, 0.1) is 5.92 Å². The van der Waals surface area contributed by atoms with E-state index in [2.05, 4.69) is 12.1 Å². The molecule has 18 heavy (non-hydrogen) atoms. The Morgan fingerprint density at radius 3 is 2.61 bits per heavy atom. The Balaban J connectivity index is 1.92. The average molecular weight is 246 g/mol. The maximum absolute atomic E-state index is 12.2. The molecule has 1 aromatic rings. The molecular formula is C15H22N2O. The Hall–Kier alpha value is -1.35. The van der Waals surface area contributed by atoms with Gasteiger partial charge in [0, 0.05) is 19.5 Å². The Kier molecular flexibility index (Phi) is 4.76. The first-order valence-electron chi connectivity index (χ1n) is 6.81. The fourth-order valence-electron chi connectivity index (χ4n) is 2.08. The van der Waals surface area contributed by atoms with E-state index in [0.717, 1.165) is 19.4 Å². The van der Waals surface area contributed by atoms with Crippen molar-refractivity contribution in [3.05, 3.63) is 35.9 Å². The zero-order chi connectivity index (χ0) is 12.8. The number of benzene rings is 1. The van der Waals surface area contributed by atoms with Gasteiger partial charge in [0.2, 0.25) is 5.91 Å². The third kappa shape index (κ3) is 4.15. The van der Waals surface area contributed by atoms with Crippen LogP contribution in [0.25, 0.3) is 0 Å². The number of carbonyl (C=O) groups is 1. The summed E-state index contributed by atoms with van der Waals surface area (Å²) in [7, 11) is 0. The van der Waals surface area contributed by atoms with Gasteiger partial charge < -0.3 is 10.6 Å². The van der Waals surface area contributed by atoms with Gasteiger partial charge in [0.05, 0.1) is 0 Å². The van der Waals surface area contributed by atoms with E-state index in [-0.39, 0.29) is 5.91 Å². The molecular weight excluding hydrogens is 224 g/mol. The second kappa shape index (κ2) is 6.55. The average Bonchev–Trinajstić information content (AvgIpc) is 3.19. The van der Waals surface area contributed by atoms with Gasteiger partial charge in [-0.05, 0) is 37.3 Å². The highest BCUT2D eigenvalue weighted by Crippen LogP contribution is 2.33.